The maximum absolute atomic E-state index is 13.9. The summed E-state index contributed by atoms with van der Waals surface area (Å²) in [6.07, 6.45) is 3.47. The number of nitrogens with one attached hydrogen (secondary N) is 3. The molecule has 6 rings (SSSR count). The maximum atomic E-state index is 13.9. The molecule has 2 amide bonds. The van der Waals surface area contributed by atoms with Gasteiger partial charge in [0.15, 0.2) is 0 Å². The number of piperidine rings is 1. The first-order chi connectivity index (χ1) is 21.6. The molecule has 3 N–H and O–H groups in total. The van der Waals surface area contributed by atoms with Gasteiger partial charge in [-0.25, -0.2) is 0 Å². The highest BCUT2D eigenvalue weighted by atomic mass is 16.5. The normalized spacial score (nSPS) is 18.1. The molecule has 2 aromatic carbocycles. The van der Waals surface area contributed by atoms with E-state index in [4.69, 9.17) is 4.74 Å². The summed E-state index contributed by atoms with van der Waals surface area (Å²) in [7, 11) is 2.17. The molecule has 4 heterocycles. The van der Waals surface area contributed by atoms with Crippen LogP contribution in [0.3, 0.4) is 0 Å². The topological polar surface area (TPSA) is 107 Å². The molecule has 0 radical (unpaired) electrons. The Morgan fingerprint density at radius 3 is 2.47 bits per heavy atom. The van der Waals surface area contributed by atoms with Crippen LogP contribution < -0.4 is 21.1 Å². The average molecular weight is 612 g/mol. The molecule has 238 valence electrons. The number of fused-ring (bicyclic) bond motifs is 2. The smallest absolute Gasteiger partial charge is 0.253 e. The number of carbonyl (C=O) groups excluding carboxylic acids is 2. The largest absolute Gasteiger partial charge is 0.381 e. The van der Waals surface area contributed by atoms with E-state index in [9.17, 15) is 14.4 Å². The fraction of sp³-hybridized carbons (Fsp3) is 0.472. The number of anilines is 2. The van der Waals surface area contributed by atoms with Gasteiger partial charge in [0.1, 0.15) is 0 Å². The summed E-state index contributed by atoms with van der Waals surface area (Å²) in [6, 6.07) is 12.6. The lowest BCUT2D eigenvalue weighted by molar-refractivity contribution is -0.124. The van der Waals surface area contributed by atoms with Gasteiger partial charge in [0.25, 0.3) is 11.5 Å². The highest BCUT2D eigenvalue weighted by molar-refractivity contribution is 6.07. The number of amides is 2. The first kappa shape index (κ1) is 31.0. The number of aromatic amines is 1. The number of rotatable bonds is 7. The Labute approximate surface area is 265 Å². The first-order valence-corrected chi connectivity index (χ1v) is 16.2. The standard InChI is InChI=1S/C36H45N5O4/c1-6-41(27-9-13-40(5)14-10-27)32-20-26(25-7-8-30-31(19-25)39-35(44)36(30)11-15-45-16-12-36)18-28(24(32)4)33(42)37-21-29-22(2)17-23(3)38-34(29)43/h7-8,17-20,27H,6,9-16,21H2,1-5H3,(H,37,42)(H,38,43)(H,39,44). The van der Waals surface area contributed by atoms with E-state index in [0.717, 1.165) is 77.4 Å². The summed E-state index contributed by atoms with van der Waals surface area (Å²) in [5.41, 5.74) is 7.77. The van der Waals surface area contributed by atoms with Gasteiger partial charge < -0.3 is 30.2 Å². The van der Waals surface area contributed by atoms with Crippen molar-refractivity contribution in [3.63, 3.8) is 0 Å². The van der Waals surface area contributed by atoms with E-state index in [1.807, 2.05) is 32.9 Å². The molecule has 2 saturated heterocycles. The third-order valence-corrected chi connectivity index (χ3v) is 10.2. The number of aromatic nitrogens is 1. The van der Waals surface area contributed by atoms with E-state index in [1.54, 1.807) is 0 Å². The van der Waals surface area contributed by atoms with Crippen LogP contribution in [0.15, 0.2) is 41.2 Å². The van der Waals surface area contributed by atoms with Crippen molar-refractivity contribution in [2.24, 2.45) is 0 Å². The molecule has 1 aromatic heterocycles. The van der Waals surface area contributed by atoms with Gasteiger partial charge in [-0.3, -0.25) is 14.4 Å². The molecule has 3 aliphatic heterocycles. The molecule has 0 bridgehead atoms. The molecule has 2 fully saturated rings. The van der Waals surface area contributed by atoms with Crippen LogP contribution in [0.2, 0.25) is 0 Å². The molecule has 0 unspecified atom stereocenters. The molecular formula is C36H45N5O4. The van der Waals surface area contributed by atoms with E-state index in [0.29, 0.717) is 43.2 Å². The molecule has 0 atom stereocenters. The van der Waals surface area contributed by atoms with Crippen LogP contribution in [-0.2, 0) is 21.5 Å². The Balaban J connectivity index is 1.39. The Bertz CT molecular complexity index is 1680. The predicted molar refractivity (Wildman–Crippen MR) is 178 cm³/mol. The second kappa shape index (κ2) is 12.4. The van der Waals surface area contributed by atoms with Crippen LogP contribution >= 0.6 is 0 Å². The highest BCUT2D eigenvalue weighted by Gasteiger charge is 2.47. The fourth-order valence-electron chi connectivity index (χ4n) is 7.52. The van der Waals surface area contributed by atoms with Crippen LogP contribution in [0.1, 0.15) is 70.9 Å². The van der Waals surface area contributed by atoms with E-state index in [-0.39, 0.29) is 23.9 Å². The SMILES string of the molecule is CCN(c1cc(-c2ccc3c(c2)NC(=O)C32CCOCC2)cc(C(=O)NCc2c(C)cc(C)[nH]c2=O)c1C)C1CCN(C)CC1. The summed E-state index contributed by atoms with van der Waals surface area (Å²) < 4.78 is 5.58. The number of H-pyrrole nitrogens is 1. The number of likely N-dealkylation sites (tertiary alicyclic amines) is 1. The highest BCUT2D eigenvalue weighted by Crippen LogP contribution is 2.46. The van der Waals surface area contributed by atoms with Gasteiger partial charge in [0.05, 0.1) is 5.41 Å². The van der Waals surface area contributed by atoms with Crippen molar-refractivity contribution < 1.29 is 14.3 Å². The van der Waals surface area contributed by atoms with Gasteiger partial charge in [-0.05, 0) is 126 Å². The molecule has 9 nitrogen and oxygen atoms in total. The zero-order valence-corrected chi connectivity index (χ0v) is 27.1. The predicted octanol–water partition coefficient (Wildman–Crippen LogP) is 4.82. The number of nitrogens with zero attached hydrogens (tertiary/aromatic N) is 2. The lowest BCUT2D eigenvalue weighted by atomic mass is 9.75. The van der Waals surface area contributed by atoms with Crippen molar-refractivity contribution in [2.75, 3.05) is 50.1 Å². The van der Waals surface area contributed by atoms with Gasteiger partial charge in [0.2, 0.25) is 5.91 Å². The summed E-state index contributed by atoms with van der Waals surface area (Å²) >= 11 is 0. The van der Waals surface area contributed by atoms with Crippen molar-refractivity contribution >= 4 is 23.2 Å². The number of carbonyl (C=O) groups is 2. The number of hydrogen-bond donors (Lipinski definition) is 3. The minimum absolute atomic E-state index is 0.0448. The molecule has 0 saturated carbocycles. The molecule has 1 spiro atoms. The fourth-order valence-corrected chi connectivity index (χ4v) is 7.52. The van der Waals surface area contributed by atoms with Crippen LogP contribution in [0.5, 0.6) is 0 Å². The van der Waals surface area contributed by atoms with E-state index < -0.39 is 5.41 Å². The number of pyridine rings is 1. The third-order valence-electron chi connectivity index (χ3n) is 10.2. The second-order valence-electron chi connectivity index (χ2n) is 13.0. The van der Waals surface area contributed by atoms with E-state index in [1.165, 1.54) is 0 Å². The Morgan fingerprint density at radius 1 is 1.04 bits per heavy atom. The third kappa shape index (κ3) is 5.79. The van der Waals surface area contributed by atoms with Crippen molar-refractivity contribution in [3.05, 3.63) is 80.3 Å². The lowest BCUT2D eigenvalue weighted by Crippen LogP contribution is -2.44. The number of hydrogen-bond acceptors (Lipinski definition) is 6. The molecule has 3 aliphatic rings. The van der Waals surface area contributed by atoms with Crippen LogP contribution in [0.25, 0.3) is 11.1 Å². The van der Waals surface area contributed by atoms with Gasteiger partial charge in [0, 0.05) is 60.5 Å². The zero-order valence-electron chi connectivity index (χ0n) is 27.1. The summed E-state index contributed by atoms with van der Waals surface area (Å²) in [5, 5.41) is 6.19. The van der Waals surface area contributed by atoms with Gasteiger partial charge in [-0.1, -0.05) is 12.1 Å². The molecular weight excluding hydrogens is 566 g/mol. The van der Waals surface area contributed by atoms with Crippen molar-refractivity contribution in [1.82, 2.24) is 15.2 Å². The van der Waals surface area contributed by atoms with Crippen LogP contribution in [0, 0.1) is 20.8 Å². The Kier molecular flexibility index (Phi) is 8.59. The van der Waals surface area contributed by atoms with Gasteiger partial charge in [-0.2, -0.15) is 0 Å². The van der Waals surface area contributed by atoms with Crippen LogP contribution in [-0.4, -0.2) is 67.6 Å². The number of ether oxygens (including phenoxy) is 1. The quantitative estimate of drug-likeness (QED) is 0.354. The molecule has 0 aliphatic carbocycles. The molecule has 3 aromatic rings. The van der Waals surface area contributed by atoms with Crippen LogP contribution in [0.4, 0.5) is 11.4 Å². The minimum atomic E-state index is -0.533. The van der Waals surface area contributed by atoms with Crippen molar-refractivity contribution in [1.29, 1.82) is 0 Å². The lowest BCUT2D eigenvalue weighted by Gasteiger charge is -2.39. The minimum Gasteiger partial charge on any atom is -0.381 e. The summed E-state index contributed by atoms with van der Waals surface area (Å²) in [5.74, 6) is -0.173. The van der Waals surface area contributed by atoms with Crippen molar-refractivity contribution in [3.8, 4) is 11.1 Å². The summed E-state index contributed by atoms with van der Waals surface area (Å²) in [6.45, 7) is 12.1. The number of aryl methyl sites for hydroxylation is 2. The molecule has 9 heteroatoms. The summed E-state index contributed by atoms with van der Waals surface area (Å²) in [4.78, 5) is 47.5. The zero-order chi connectivity index (χ0) is 31.9. The average Bonchev–Trinajstić information content (AvgIpc) is 3.28. The number of benzene rings is 2. The first-order valence-electron chi connectivity index (χ1n) is 16.2. The maximum Gasteiger partial charge on any atom is 0.253 e. The monoisotopic (exact) mass is 611 g/mol. The van der Waals surface area contributed by atoms with Crippen molar-refractivity contribution in [2.45, 2.75) is 71.4 Å². The van der Waals surface area contributed by atoms with E-state index >= 15 is 0 Å². The van der Waals surface area contributed by atoms with Gasteiger partial charge in [-0.15, -0.1) is 0 Å². The molecule has 45 heavy (non-hydrogen) atoms. The Morgan fingerprint density at radius 2 is 1.78 bits per heavy atom. The Hall–Kier alpha value is -3.95. The second-order valence-corrected chi connectivity index (χ2v) is 13.0. The van der Waals surface area contributed by atoms with E-state index in [2.05, 4.69) is 63.7 Å². The van der Waals surface area contributed by atoms with Gasteiger partial charge >= 0.3 is 0 Å².